The first-order valence-electron chi connectivity index (χ1n) is 6.84. The first kappa shape index (κ1) is 16.0. The highest BCUT2D eigenvalue weighted by Crippen LogP contribution is 2.15. The van der Waals surface area contributed by atoms with Crippen molar-refractivity contribution in [3.05, 3.63) is 43.0 Å². The molecule has 0 saturated carbocycles. The summed E-state index contributed by atoms with van der Waals surface area (Å²) in [5.74, 6) is -0.102. The van der Waals surface area contributed by atoms with Crippen LogP contribution in [0.5, 0.6) is 0 Å². The van der Waals surface area contributed by atoms with E-state index in [0.717, 1.165) is 0 Å². The van der Waals surface area contributed by atoms with Crippen LogP contribution in [0.25, 0.3) is 0 Å². The Balaban J connectivity index is 1.86. The van der Waals surface area contributed by atoms with Gasteiger partial charge in [-0.25, -0.2) is 13.4 Å². The number of imidazole rings is 1. The number of aryl methyl sites for hydroxylation is 1. The molecule has 1 aromatic carbocycles. The number of rotatable bonds is 7. The van der Waals surface area contributed by atoms with Gasteiger partial charge in [-0.05, 0) is 31.2 Å². The maximum absolute atomic E-state index is 11.8. The molecule has 0 radical (unpaired) electrons. The third kappa shape index (κ3) is 4.88. The van der Waals surface area contributed by atoms with Crippen LogP contribution in [-0.4, -0.2) is 29.6 Å². The van der Waals surface area contributed by atoms with Crippen molar-refractivity contribution in [3.63, 3.8) is 0 Å². The fraction of sp³-hybridized carbons (Fsp3) is 0.286. The van der Waals surface area contributed by atoms with Gasteiger partial charge in [0, 0.05) is 36.7 Å². The number of amides is 1. The first-order chi connectivity index (χ1) is 10.5. The smallest absolute Gasteiger partial charge is 0.232 e. The molecular formula is C14H18N4O3S. The van der Waals surface area contributed by atoms with Crippen molar-refractivity contribution in [2.24, 2.45) is 0 Å². The molecule has 1 heterocycles. The van der Waals surface area contributed by atoms with Gasteiger partial charge in [0.25, 0.3) is 0 Å². The Morgan fingerprint density at radius 1 is 1.23 bits per heavy atom. The van der Waals surface area contributed by atoms with Crippen LogP contribution in [0.3, 0.4) is 0 Å². The molecule has 1 amide bonds. The minimum absolute atomic E-state index is 0.0136. The first-order valence-corrected chi connectivity index (χ1v) is 8.50. The molecule has 1 aromatic heterocycles. The Morgan fingerprint density at radius 2 is 1.91 bits per heavy atom. The molecule has 8 heteroatoms. The maximum atomic E-state index is 11.8. The summed E-state index contributed by atoms with van der Waals surface area (Å²) in [5, 5.41) is 2.76. The van der Waals surface area contributed by atoms with E-state index in [-0.39, 0.29) is 11.7 Å². The molecule has 118 valence electrons. The van der Waals surface area contributed by atoms with Gasteiger partial charge in [0.15, 0.2) is 0 Å². The normalized spacial score (nSPS) is 11.1. The van der Waals surface area contributed by atoms with Crippen molar-refractivity contribution in [2.45, 2.75) is 19.9 Å². The van der Waals surface area contributed by atoms with Gasteiger partial charge >= 0.3 is 0 Å². The Hall–Kier alpha value is -2.35. The highest BCUT2D eigenvalue weighted by molar-refractivity contribution is 7.92. The van der Waals surface area contributed by atoms with Gasteiger partial charge in [-0.3, -0.25) is 9.52 Å². The highest BCUT2D eigenvalue weighted by atomic mass is 32.2. The number of hydrogen-bond acceptors (Lipinski definition) is 4. The summed E-state index contributed by atoms with van der Waals surface area (Å²) >= 11 is 0. The average molecular weight is 322 g/mol. The quantitative estimate of drug-likeness (QED) is 0.811. The number of carbonyl (C=O) groups excluding carboxylic acids is 1. The van der Waals surface area contributed by atoms with Crippen LogP contribution in [0.15, 0.2) is 43.0 Å². The Labute approximate surface area is 129 Å². The predicted octanol–water partition coefficient (Wildman–Crippen LogP) is 1.67. The highest BCUT2D eigenvalue weighted by Gasteiger charge is 2.07. The van der Waals surface area contributed by atoms with Crippen LogP contribution in [0.1, 0.15) is 13.3 Å². The van der Waals surface area contributed by atoms with Gasteiger partial charge in [-0.15, -0.1) is 0 Å². The van der Waals surface area contributed by atoms with Gasteiger partial charge in [-0.1, -0.05) is 0 Å². The van der Waals surface area contributed by atoms with E-state index in [1.165, 1.54) is 0 Å². The second kappa shape index (κ2) is 7.08. The number of nitrogens with one attached hydrogen (secondary N) is 2. The second-order valence-electron chi connectivity index (χ2n) is 4.68. The van der Waals surface area contributed by atoms with E-state index in [1.807, 2.05) is 4.57 Å². The molecule has 2 rings (SSSR count). The number of anilines is 2. The largest absolute Gasteiger partial charge is 0.337 e. The zero-order chi connectivity index (χ0) is 16.0. The summed E-state index contributed by atoms with van der Waals surface area (Å²) in [4.78, 5) is 15.7. The lowest BCUT2D eigenvalue weighted by Crippen LogP contribution is -2.15. The van der Waals surface area contributed by atoms with Crippen LogP contribution in [-0.2, 0) is 21.4 Å². The molecule has 0 aliphatic rings. The van der Waals surface area contributed by atoms with Crippen LogP contribution in [0.2, 0.25) is 0 Å². The summed E-state index contributed by atoms with van der Waals surface area (Å²) in [6, 6.07) is 6.53. The van der Waals surface area contributed by atoms with E-state index in [2.05, 4.69) is 15.0 Å². The van der Waals surface area contributed by atoms with Gasteiger partial charge < -0.3 is 9.88 Å². The van der Waals surface area contributed by atoms with Gasteiger partial charge in [-0.2, -0.15) is 0 Å². The average Bonchev–Trinajstić information content (AvgIpc) is 3.00. The minimum Gasteiger partial charge on any atom is -0.337 e. The molecule has 7 nitrogen and oxygen atoms in total. The van der Waals surface area contributed by atoms with E-state index < -0.39 is 10.0 Å². The lowest BCUT2D eigenvalue weighted by Gasteiger charge is -2.08. The summed E-state index contributed by atoms with van der Waals surface area (Å²) in [6.45, 7) is 2.12. The van der Waals surface area contributed by atoms with E-state index in [1.54, 1.807) is 49.9 Å². The maximum Gasteiger partial charge on any atom is 0.232 e. The number of sulfonamides is 1. The van der Waals surface area contributed by atoms with E-state index >= 15 is 0 Å². The van der Waals surface area contributed by atoms with Crippen LogP contribution >= 0.6 is 0 Å². The van der Waals surface area contributed by atoms with Gasteiger partial charge in [0.05, 0.1) is 12.1 Å². The van der Waals surface area contributed by atoms with Crippen LogP contribution in [0.4, 0.5) is 11.4 Å². The van der Waals surface area contributed by atoms with Crippen LogP contribution < -0.4 is 10.0 Å². The molecule has 0 aliphatic carbocycles. The number of benzene rings is 1. The Morgan fingerprint density at radius 3 is 2.50 bits per heavy atom. The molecule has 0 aliphatic heterocycles. The zero-order valence-corrected chi connectivity index (χ0v) is 13.0. The molecule has 0 unspecified atom stereocenters. The van der Waals surface area contributed by atoms with E-state index in [4.69, 9.17) is 0 Å². The molecule has 2 N–H and O–H groups in total. The van der Waals surface area contributed by atoms with Gasteiger partial charge in [0.2, 0.25) is 15.9 Å². The SMILES string of the molecule is CCS(=O)(=O)Nc1ccc(NC(=O)CCn2ccnc2)cc1. The standard InChI is InChI=1S/C14H18N4O3S/c1-2-22(20,21)17-13-5-3-12(4-6-13)16-14(19)7-9-18-10-8-15-11-18/h3-6,8,10-11,17H,2,7,9H2,1H3,(H,16,19). The summed E-state index contributed by atoms with van der Waals surface area (Å²) in [5.41, 5.74) is 1.09. The molecule has 0 spiro atoms. The lowest BCUT2D eigenvalue weighted by molar-refractivity contribution is -0.116. The summed E-state index contributed by atoms with van der Waals surface area (Å²) < 4.78 is 27.1. The number of aromatic nitrogens is 2. The molecule has 0 fully saturated rings. The van der Waals surface area contributed by atoms with Crippen molar-refractivity contribution >= 4 is 27.3 Å². The molecule has 2 aromatic rings. The van der Waals surface area contributed by atoms with E-state index in [9.17, 15) is 13.2 Å². The Bertz CT molecular complexity index is 709. The Kier molecular flexibility index (Phi) is 5.16. The number of nitrogens with zero attached hydrogens (tertiary/aromatic N) is 2. The molecular weight excluding hydrogens is 304 g/mol. The monoisotopic (exact) mass is 322 g/mol. The van der Waals surface area contributed by atoms with Crippen molar-refractivity contribution in [1.29, 1.82) is 0 Å². The van der Waals surface area contributed by atoms with Crippen molar-refractivity contribution < 1.29 is 13.2 Å². The fourth-order valence-electron chi connectivity index (χ4n) is 1.75. The third-order valence-corrected chi connectivity index (χ3v) is 4.29. The molecule has 0 saturated heterocycles. The van der Waals surface area contributed by atoms with Gasteiger partial charge in [0.1, 0.15) is 0 Å². The topological polar surface area (TPSA) is 93.1 Å². The van der Waals surface area contributed by atoms with Crippen molar-refractivity contribution in [1.82, 2.24) is 9.55 Å². The predicted molar refractivity (Wildman–Crippen MR) is 85.0 cm³/mol. The fourth-order valence-corrected chi connectivity index (χ4v) is 2.39. The molecule has 22 heavy (non-hydrogen) atoms. The number of carbonyl (C=O) groups is 1. The second-order valence-corrected chi connectivity index (χ2v) is 6.69. The summed E-state index contributed by atoms with van der Waals surface area (Å²) in [7, 11) is -3.29. The third-order valence-electron chi connectivity index (χ3n) is 2.98. The molecule has 0 atom stereocenters. The zero-order valence-electron chi connectivity index (χ0n) is 12.2. The van der Waals surface area contributed by atoms with Crippen molar-refractivity contribution in [3.8, 4) is 0 Å². The van der Waals surface area contributed by atoms with E-state index in [0.29, 0.717) is 24.3 Å². The summed E-state index contributed by atoms with van der Waals surface area (Å²) in [6.07, 6.45) is 5.44. The lowest BCUT2D eigenvalue weighted by atomic mass is 10.3. The molecule has 0 bridgehead atoms. The number of hydrogen-bond donors (Lipinski definition) is 2. The van der Waals surface area contributed by atoms with Crippen LogP contribution in [0, 0.1) is 0 Å². The van der Waals surface area contributed by atoms with Crippen molar-refractivity contribution in [2.75, 3.05) is 15.8 Å². The minimum atomic E-state index is -3.29.